The summed E-state index contributed by atoms with van der Waals surface area (Å²) in [7, 11) is 0. The van der Waals surface area contributed by atoms with Crippen LogP contribution >= 0.6 is 0 Å². The number of nitrogens with zero attached hydrogens (tertiary/aromatic N) is 1. The molecule has 1 aliphatic carbocycles. The Bertz CT molecular complexity index is 486. The highest BCUT2D eigenvalue weighted by Crippen LogP contribution is 2.38. The molecule has 0 bridgehead atoms. The Morgan fingerprint density at radius 1 is 1.42 bits per heavy atom. The third-order valence-corrected chi connectivity index (χ3v) is 4.01. The zero-order valence-electron chi connectivity index (χ0n) is 11.1. The van der Waals surface area contributed by atoms with Crippen LogP contribution in [0.25, 0.3) is 0 Å². The first-order chi connectivity index (χ1) is 9.16. The molecule has 0 spiro atoms. The summed E-state index contributed by atoms with van der Waals surface area (Å²) < 4.78 is 0. The van der Waals surface area contributed by atoms with Crippen LogP contribution in [-0.2, 0) is 21.5 Å². The van der Waals surface area contributed by atoms with Gasteiger partial charge in [-0.15, -0.1) is 0 Å². The Labute approximate surface area is 113 Å². The largest absolute Gasteiger partial charge is 0.479 e. The summed E-state index contributed by atoms with van der Waals surface area (Å²) in [6.45, 7) is 2.21. The van der Waals surface area contributed by atoms with Crippen molar-refractivity contribution in [2.75, 3.05) is 6.54 Å². The van der Waals surface area contributed by atoms with Crippen LogP contribution < -0.4 is 0 Å². The third kappa shape index (κ3) is 2.11. The van der Waals surface area contributed by atoms with Gasteiger partial charge >= 0.3 is 5.97 Å². The molecule has 4 heteroatoms. The summed E-state index contributed by atoms with van der Waals surface area (Å²) in [5, 5.41) is 9.79. The van der Waals surface area contributed by atoms with Crippen molar-refractivity contribution in [2.24, 2.45) is 0 Å². The molecule has 4 nitrogen and oxygen atoms in total. The minimum absolute atomic E-state index is 0.393. The molecule has 0 aliphatic heterocycles. The van der Waals surface area contributed by atoms with Crippen molar-refractivity contribution in [1.82, 2.24) is 4.90 Å². The van der Waals surface area contributed by atoms with Crippen molar-refractivity contribution < 1.29 is 14.7 Å². The number of hydrogen-bond acceptors (Lipinski definition) is 2. The minimum atomic E-state index is -1.20. The van der Waals surface area contributed by atoms with Gasteiger partial charge in [0.2, 0.25) is 6.41 Å². The van der Waals surface area contributed by atoms with Crippen molar-refractivity contribution >= 4 is 12.4 Å². The summed E-state index contributed by atoms with van der Waals surface area (Å²) in [5.41, 5.74) is 0.612. The van der Waals surface area contributed by atoms with Crippen LogP contribution in [0.5, 0.6) is 0 Å². The fourth-order valence-corrected chi connectivity index (χ4v) is 3.05. The predicted molar refractivity (Wildman–Crippen MR) is 71.8 cm³/mol. The average Bonchev–Trinajstić information content (AvgIpc) is 2.61. The van der Waals surface area contributed by atoms with Gasteiger partial charge in [-0.3, -0.25) is 4.79 Å². The molecule has 1 aliphatic rings. The number of aryl methyl sites for hydroxylation is 1. The Balaban J connectivity index is 2.65. The van der Waals surface area contributed by atoms with Gasteiger partial charge in [0.15, 0.2) is 5.54 Å². The number of carboxylic acid groups (broad SMARTS) is 1. The van der Waals surface area contributed by atoms with Gasteiger partial charge in [-0.05, 0) is 43.7 Å². The van der Waals surface area contributed by atoms with Gasteiger partial charge in [0, 0.05) is 6.54 Å². The second-order valence-corrected chi connectivity index (χ2v) is 4.92. The molecule has 1 N–H and O–H groups in total. The SMILES string of the molecule is CCN(C=O)C1(C(=O)O)CCCCc2ccccc21. The molecule has 102 valence electrons. The van der Waals surface area contributed by atoms with E-state index in [0.29, 0.717) is 19.4 Å². The van der Waals surface area contributed by atoms with Crippen LogP contribution in [0, 0.1) is 0 Å². The van der Waals surface area contributed by atoms with Crippen LogP contribution in [-0.4, -0.2) is 28.9 Å². The van der Waals surface area contributed by atoms with Crippen molar-refractivity contribution in [3.05, 3.63) is 35.4 Å². The zero-order chi connectivity index (χ0) is 13.9. The molecular weight excluding hydrogens is 242 g/mol. The first-order valence-electron chi connectivity index (χ1n) is 6.70. The number of carbonyl (C=O) groups excluding carboxylic acids is 1. The Kier molecular flexibility index (Phi) is 3.88. The standard InChI is InChI=1S/C15H19NO3/c1-2-16(11-17)15(14(18)19)10-6-5-8-12-7-3-4-9-13(12)15/h3-4,7,9,11H,2,5-6,8,10H2,1H3,(H,18,19). The van der Waals surface area contributed by atoms with E-state index >= 15 is 0 Å². The lowest BCUT2D eigenvalue weighted by atomic mass is 9.83. The molecule has 1 aromatic carbocycles. The van der Waals surface area contributed by atoms with E-state index < -0.39 is 11.5 Å². The molecule has 1 amide bonds. The minimum Gasteiger partial charge on any atom is -0.479 e. The van der Waals surface area contributed by atoms with Gasteiger partial charge in [-0.1, -0.05) is 24.3 Å². The summed E-state index contributed by atoms with van der Waals surface area (Å²) in [6.07, 6.45) is 3.79. The lowest BCUT2D eigenvalue weighted by Gasteiger charge is -2.38. The number of carboxylic acids is 1. The van der Waals surface area contributed by atoms with E-state index in [9.17, 15) is 14.7 Å². The van der Waals surface area contributed by atoms with E-state index in [1.807, 2.05) is 31.2 Å². The van der Waals surface area contributed by atoms with E-state index in [1.165, 1.54) is 4.90 Å². The van der Waals surface area contributed by atoms with Crippen molar-refractivity contribution in [1.29, 1.82) is 0 Å². The number of aliphatic carboxylic acids is 1. The number of amides is 1. The highest BCUT2D eigenvalue weighted by molar-refractivity contribution is 5.84. The monoisotopic (exact) mass is 261 g/mol. The van der Waals surface area contributed by atoms with Gasteiger partial charge in [0.25, 0.3) is 0 Å². The molecule has 0 aromatic heterocycles. The number of carbonyl (C=O) groups is 2. The van der Waals surface area contributed by atoms with E-state index in [-0.39, 0.29) is 0 Å². The molecule has 19 heavy (non-hydrogen) atoms. The number of hydrogen-bond donors (Lipinski definition) is 1. The van der Waals surface area contributed by atoms with Crippen LogP contribution in [0.1, 0.15) is 37.3 Å². The lowest BCUT2D eigenvalue weighted by Crippen LogP contribution is -2.51. The summed E-state index contributed by atoms with van der Waals surface area (Å²) in [5.74, 6) is -0.934. The average molecular weight is 261 g/mol. The van der Waals surface area contributed by atoms with Crippen LogP contribution in [0.15, 0.2) is 24.3 Å². The normalized spacial score (nSPS) is 22.2. The maximum Gasteiger partial charge on any atom is 0.334 e. The molecule has 2 rings (SSSR count). The van der Waals surface area contributed by atoms with Crippen molar-refractivity contribution in [3.8, 4) is 0 Å². The van der Waals surface area contributed by atoms with E-state index in [2.05, 4.69) is 0 Å². The summed E-state index contributed by atoms with van der Waals surface area (Å²) >= 11 is 0. The first kappa shape index (κ1) is 13.6. The number of benzene rings is 1. The maximum absolute atomic E-state index is 12.0. The maximum atomic E-state index is 12.0. The van der Waals surface area contributed by atoms with E-state index in [0.717, 1.165) is 30.4 Å². The molecule has 0 saturated heterocycles. The van der Waals surface area contributed by atoms with Gasteiger partial charge in [0.05, 0.1) is 0 Å². The van der Waals surface area contributed by atoms with Gasteiger partial charge < -0.3 is 10.0 Å². The Morgan fingerprint density at radius 2 is 2.16 bits per heavy atom. The summed E-state index contributed by atoms with van der Waals surface area (Å²) in [4.78, 5) is 24.7. The smallest absolute Gasteiger partial charge is 0.334 e. The van der Waals surface area contributed by atoms with Crippen LogP contribution in [0.4, 0.5) is 0 Å². The van der Waals surface area contributed by atoms with Gasteiger partial charge in [-0.25, -0.2) is 4.79 Å². The molecule has 1 atom stereocenters. The molecule has 0 fully saturated rings. The fraction of sp³-hybridized carbons (Fsp3) is 0.467. The van der Waals surface area contributed by atoms with Crippen molar-refractivity contribution in [2.45, 2.75) is 38.1 Å². The molecule has 0 heterocycles. The number of likely N-dealkylation sites (N-methyl/N-ethyl adjacent to an activating group) is 1. The second kappa shape index (κ2) is 5.43. The highest BCUT2D eigenvalue weighted by Gasteiger charge is 2.46. The quantitative estimate of drug-likeness (QED) is 0.667. The molecular formula is C15H19NO3. The topological polar surface area (TPSA) is 57.6 Å². The lowest BCUT2D eigenvalue weighted by molar-refractivity contribution is -0.156. The first-order valence-corrected chi connectivity index (χ1v) is 6.70. The second-order valence-electron chi connectivity index (χ2n) is 4.92. The highest BCUT2D eigenvalue weighted by atomic mass is 16.4. The Hall–Kier alpha value is -1.84. The number of rotatable bonds is 4. The van der Waals surface area contributed by atoms with Gasteiger partial charge in [-0.2, -0.15) is 0 Å². The third-order valence-electron chi connectivity index (χ3n) is 4.01. The van der Waals surface area contributed by atoms with Crippen LogP contribution in [0.3, 0.4) is 0 Å². The molecule has 1 unspecified atom stereocenters. The van der Waals surface area contributed by atoms with E-state index in [4.69, 9.17) is 0 Å². The van der Waals surface area contributed by atoms with E-state index in [1.54, 1.807) is 0 Å². The Morgan fingerprint density at radius 3 is 2.79 bits per heavy atom. The molecule has 1 aromatic rings. The van der Waals surface area contributed by atoms with Gasteiger partial charge in [0.1, 0.15) is 0 Å². The number of fused-ring (bicyclic) bond motifs is 1. The predicted octanol–water partition coefficient (Wildman–Crippen LogP) is 2.17. The molecule has 0 radical (unpaired) electrons. The van der Waals surface area contributed by atoms with Crippen molar-refractivity contribution in [3.63, 3.8) is 0 Å². The fourth-order valence-electron chi connectivity index (χ4n) is 3.05. The molecule has 0 saturated carbocycles. The zero-order valence-corrected chi connectivity index (χ0v) is 11.1. The summed E-state index contributed by atoms with van der Waals surface area (Å²) in [6, 6.07) is 7.59. The van der Waals surface area contributed by atoms with Crippen LogP contribution in [0.2, 0.25) is 0 Å².